The molecule has 4 aliphatic carbocycles. The number of rotatable bonds is 8. The van der Waals surface area contributed by atoms with E-state index in [0.717, 1.165) is 54.2 Å². The third-order valence-electron chi connectivity index (χ3n) is 8.55. The van der Waals surface area contributed by atoms with E-state index in [4.69, 9.17) is 0 Å². The van der Waals surface area contributed by atoms with Gasteiger partial charge in [-0.1, -0.05) is 0 Å². The van der Waals surface area contributed by atoms with E-state index in [1.807, 2.05) is 20.0 Å². The van der Waals surface area contributed by atoms with Gasteiger partial charge < -0.3 is 16.0 Å². The Balaban J connectivity index is 1.15. The van der Waals surface area contributed by atoms with Gasteiger partial charge in [-0.3, -0.25) is 18.8 Å². The normalized spacial score (nSPS) is 23.0. The first-order chi connectivity index (χ1) is 17.9. The van der Waals surface area contributed by atoms with Gasteiger partial charge in [0.1, 0.15) is 17.1 Å². The maximum absolute atomic E-state index is 13.5. The maximum atomic E-state index is 13.5. The van der Waals surface area contributed by atoms with Crippen molar-refractivity contribution in [2.75, 3.05) is 17.2 Å². The highest BCUT2D eigenvalue weighted by atomic mass is 32.1. The molecule has 0 bridgehead atoms. The van der Waals surface area contributed by atoms with Crippen molar-refractivity contribution in [3.05, 3.63) is 34.1 Å². The molecule has 194 valence electrons. The molecule has 0 saturated heterocycles. The molecule has 7 rings (SSSR count). The number of carbonyl (C=O) groups excluding carboxylic acids is 2. The topological polar surface area (TPSA) is 119 Å². The molecule has 0 radical (unpaired) electrons. The molecule has 10 nitrogen and oxygen atoms in total. The number of thiophene rings is 1. The number of fused-ring (bicyclic) bond motifs is 1. The van der Waals surface area contributed by atoms with Crippen molar-refractivity contribution in [2.45, 2.75) is 64.3 Å². The van der Waals surface area contributed by atoms with Gasteiger partial charge in [0, 0.05) is 36.5 Å². The van der Waals surface area contributed by atoms with Gasteiger partial charge in [-0.15, -0.1) is 21.5 Å². The minimum absolute atomic E-state index is 0.0650. The zero-order valence-corrected chi connectivity index (χ0v) is 22.0. The van der Waals surface area contributed by atoms with Crippen LogP contribution in [0.4, 0.5) is 16.8 Å². The summed E-state index contributed by atoms with van der Waals surface area (Å²) in [5.41, 5.74) is 2.92. The van der Waals surface area contributed by atoms with Gasteiger partial charge in [-0.2, -0.15) is 5.10 Å². The zero-order chi connectivity index (χ0) is 25.3. The molecule has 3 heterocycles. The molecule has 3 fully saturated rings. The van der Waals surface area contributed by atoms with Crippen molar-refractivity contribution in [1.29, 1.82) is 0 Å². The van der Waals surface area contributed by atoms with Crippen molar-refractivity contribution in [1.82, 2.24) is 29.9 Å². The monoisotopic (exact) mass is 520 g/mol. The first-order valence-corrected chi connectivity index (χ1v) is 14.1. The van der Waals surface area contributed by atoms with Crippen molar-refractivity contribution < 1.29 is 9.59 Å². The van der Waals surface area contributed by atoms with Gasteiger partial charge >= 0.3 is 0 Å². The van der Waals surface area contributed by atoms with Crippen LogP contribution in [0.1, 0.15) is 71.1 Å². The largest absolute Gasteiger partial charge is 0.352 e. The van der Waals surface area contributed by atoms with Crippen LogP contribution in [0.15, 0.2) is 12.4 Å². The second kappa shape index (κ2) is 8.41. The Hall–Kier alpha value is -3.21. The van der Waals surface area contributed by atoms with E-state index in [2.05, 4.69) is 35.8 Å². The van der Waals surface area contributed by atoms with E-state index >= 15 is 0 Å². The Labute approximate surface area is 219 Å². The van der Waals surface area contributed by atoms with Crippen LogP contribution in [-0.2, 0) is 24.7 Å². The first-order valence-electron chi connectivity index (χ1n) is 13.3. The molecule has 0 unspecified atom stereocenters. The molecule has 4 aliphatic rings. The Morgan fingerprint density at radius 3 is 2.78 bits per heavy atom. The molecule has 1 spiro atoms. The summed E-state index contributed by atoms with van der Waals surface area (Å²) in [6.07, 6.45) is 9.88. The van der Waals surface area contributed by atoms with E-state index in [9.17, 15) is 9.59 Å². The Kier molecular flexibility index (Phi) is 5.21. The molecule has 3 saturated carbocycles. The predicted octanol–water partition coefficient (Wildman–Crippen LogP) is 3.73. The lowest BCUT2D eigenvalue weighted by atomic mass is 9.91. The lowest BCUT2D eigenvalue weighted by molar-refractivity contribution is -0.117. The average molecular weight is 521 g/mol. The van der Waals surface area contributed by atoms with E-state index in [-0.39, 0.29) is 29.2 Å². The number of nitrogens with zero attached hydrogens (tertiary/aromatic N) is 5. The third kappa shape index (κ3) is 4.22. The second-order valence-electron chi connectivity index (χ2n) is 11.3. The van der Waals surface area contributed by atoms with Crippen molar-refractivity contribution >= 4 is 39.9 Å². The van der Waals surface area contributed by atoms with Gasteiger partial charge in [0.15, 0.2) is 0 Å². The molecule has 11 heteroatoms. The quantitative estimate of drug-likeness (QED) is 0.416. The average Bonchev–Trinajstić information content (AvgIpc) is 3.83. The number of amides is 2. The second-order valence-corrected chi connectivity index (χ2v) is 12.5. The minimum atomic E-state index is -0.0650. The molecule has 3 aromatic heterocycles. The van der Waals surface area contributed by atoms with Crippen molar-refractivity contribution in [3.8, 4) is 0 Å². The van der Waals surface area contributed by atoms with Gasteiger partial charge in [0.25, 0.3) is 5.91 Å². The number of aromatic nitrogens is 5. The molecule has 0 aliphatic heterocycles. The summed E-state index contributed by atoms with van der Waals surface area (Å²) in [6.45, 7) is 2.66. The van der Waals surface area contributed by atoms with E-state index in [1.165, 1.54) is 17.7 Å². The zero-order valence-electron chi connectivity index (χ0n) is 21.2. The number of carbonyl (C=O) groups is 2. The van der Waals surface area contributed by atoms with Crippen LogP contribution in [0, 0.1) is 24.2 Å². The third-order valence-corrected chi connectivity index (χ3v) is 9.76. The first kappa shape index (κ1) is 22.9. The molecule has 0 aromatic carbocycles. The lowest BCUT2D eigenvalue weighted by Crippen LogP contribution is -2.29. The summed E-state index contributed by atoms with van der Waals surface area (Å²) >= 11 is 1.58. The molecule has 37 heavy (non-hydrogen) atoms. The van der Waals surface area contributed by atoms with E-state index < -0.39 is 0 Å². The fraction of sp³-hybridized carbons (Fsp3) is 0.577. The molecular weight excluding hydrogens is 488 g/mol. The Bertz CT molecular complexity index is 1400. The van der Waals surface area contributed by atoms with Gasteiger partial charge in [-0.05, 0) is 75.2 Å². The number of hydrogen-bond acceptors (Lipinski definition) is 7. The summed E-state index contributed by atoms with van der Waals surface area (Å²) in [7, 11) is 1.89. The fourth-order valence-electron chi connectivity index (χ4n) is 5.85. The lowest BCUT2D eigenvalue weighted by Gasteiger charge is -2.25. The van der Waals surface area contributed by atoms with Crippen LogP contribution in [0.5, 0.6) is 0 Å². The van der Waals surface area contributed by atoms with Gasteiger partial charge in [-0.25, -0.2) is 0 Å². The van der Waals surface area contributed by atoms with E-state index in [1.54, 1.807) is 22.3 Å². The fourth-order valence-corrected chi connectivity index (χ4v) is 7.09. The van der Waals surface area contributed by atoms with Gasteiger partial charge in [0.2, 0.25) is 11.9 Å². The summed E-state index contributed by atoms with van der Waals surface area (Å²) in [4.78, 5) is 27.7. The minimum Gasteiger partial charge on any atom is -0.352 e. The highest BCUT2D eigenvalue weighted by molar-refractivity contribution is 7.17. The number of aryl methyl sites for hydroxylation is 3. The predicted molar refractivity (Wildman–Crippen MR) is 140 cm³/mol. The van der Waals surface area contributed by atoms with Crippen LogP contribution in [0.2, 0.25) is 0 Å². The molecule has 3 aromatic rings. The van der Waals surface area contributed by atoms with Crippen LogP contribution in [0.25, 0.3) is 0 Å². The van der Waals surface area contributed by atoms with Crippen LogP contribution in [-0.4, -0.2) is 42.9 Å². The summed E-state index contributed by atoms with van der Waals surface area (Å²) < 4.78 is 3.85. The SMILES string of the molecule is Cc1cc(Nc2nncn2[C@H]2CCc3sc(NC(=O)[C@H]4CC45CC5)c(C(=O)NCC4CC4)c3C2)n(C)n1. The number of nitrogens with one attached hydrogen (secondary N) is 3. The molecular formula is C26H32N8O2S. The number of anilines is 3. The van der Waals surface area contributed by atoms with Crippen molar-refractivity contribution in [2.24, 2.45) is 24.3 Å². The maximum Gasteiger partial charge on any atom is 0.254 e. The molecule has 3 N–H and O–H groups in total. The van der Waals surface area contributed by atoms with Crippen LogP contribution >= 0.6 is 11.3 Å². The highest BCUT2D eigenvalue weighted by Gasteiger charge is 2.65. The van der Waals surface area contributed by atoms with Gasteiger partial charge in [0.05, 0.1) is 11.3 Å². The Morgan fingerprint density at radius 2 is 2.08 bits per heavy atom. The van der Waals surface area contributed by atoms with Crippen molar-refractivity contribution in [3.63, 3.8) is 0 Å². The highest BCUT2D eigenvalue weighted by Crippen LogP contribution is 2.70. The smallest absolute Gasteiger partial charge is 0.254 e. The Morgan fingerprint density at radius 1 is 1.24 bits per heavy atom. The molecule has 2 amide bonds. The molecule has 2 atom stereocenters. The van der Waals surface area contributed by atoms with Crippen LogP contribution < -0.4 is 16.0 Å². The standard InChI is InChI=1S/C26H32N8O2S/c1-14-9-20(33(2)32-14)29-25-31-28-13-34(25)16-5-6-19-17(10-16)21(23(36)27-12-15-3-4-15)24(37-19)30-22(35)18-11-26(18)7-8-26/h9,13,15-16,18H,3-8,10-12H2,1-2H3,(H,27,36)(H,29,31)(H,30,35)/t16-,18+/m0/s1. The summed E-state index contributed by atoms with van der Waals surface area (Å²) in [6, 6.07) is 2.07. The summed E-state index contributed by atoms with van der Waals surface area (Å²) in [5.74, 6) is 2.22. The van der Waals surface area contributed by atoms with Crippen LogP contribution in [0.3, 0.4) is 0 Å². The summed E-state index contributed by atoms with van der Waals surface area (Å²) in [5, 5.41) is 23.3. The van der Waals surface area contributed by atoms with E-state index in [0.29, 0.717) is 30.4 Å². The number of hydrogen-bond donors (Lipinski definition) is 3.